The molecule has 3 amide bonds. The monoisotopic (exact) mass is 749 g/mol. The number of carbonyl (C=O) groups excluding carboxylic acids is 2. The molecule has 0 spiro atoms. The summed E-state index contributed by atoms with van der Waals surface area (Å²) < 4.78 is 52.3. The average Bonchev–Trinajstić information content (AvgIpc) is 3.60. The van der Waals surface area contributed by atoms with Crippen LogP contribution in [0.3, 0.4) is 0 Å². The highest BCUT2D eigenvalue weighted by molar-refractivity contribution is 8.00. The van der Waals surface area contributed by atoms with E-state index in [1.165, 1.54) is 12.2 Å². The van der Waals surface area contributed by atoms with Crippen LogP contribution in [0.15, 0.2) is 21.9 Å². The number of aliphatic hydroxyl groups excluding tert-OH is 1. The molecule has 3 fully saturated rings. The molecule has 9 N–H and O–H groups in total. The van der Waals surface area contributed by atoms with Crippen LogP contribution in [-0.4, -0.2) is 94.6 Å². The number of aromatic amines is 1. The zero-order chi connectivity index (χ0) is 34.6. The quantitative estimate of drug-likeness (QED) is 0.0578. The van der Waals surface area contributed by atoms with Crippen LogP contribution in [0.5, 0.6) is 0 Å². The van der Waals surface area contributed by atoms with Gasteiger partial charge in [0.1, 0.15) is 12.3 Å². The second-order valence-electron chi connectivity index (χ2n) is 10.6. The Morgan fingerprint density at radius 3 is 2.57 bits per heavy atom. The SMILES string of the molecule is O=C(CCCCC1SCC2NC(=O)NC21)NC/C=C/c1cn(C2CC(O)C(COP(=O)(O)OP(=O)(O)OP(=O)(O)O)O2)c(=O)[nH]c1=O. The maximum absolute atomic E-state index is 12.4. The maximum Gasteiger partial charge on any atom is 0.490 e. The third-order valence-electron chi connectivity index (χ3n) is 7.12. The summed E-state index contributed by atoms with van der Waals surface area (Å²) in [6, 6.07) is 0.101. The molecule has 0 radical (unpaired) electrons. The minimum Gasteiger partial charge on any atom is -0.390 e. The summed E-state index contributed by atoms with van der Waals surface area (Å²) in [5.74, 6) is 0.663. The summed E-state index contributed by atoms with van der Waals surface area (Å²) in [5, 5.41) is 19.1. The maximum atomic E-state index is 12.4. The summed E-state index contributed by atoms with van der Waals surface area (Å²) in [4.78, 5) is 86.6. The van der Waals surface area contributed by atoms with Gasteiger partial charge in [0, 0.05) is 36.6 Å². The van der Waals surface area contributed by atoms with Crippen LogP contribution in [0.4, 0.5) is 4.79 Å². The van der Waals surface area contributed by atoms with E-state index in [1.54, 1.807) is 11.8 Å². The molecular formula is C22H34N5O16P3S. The van der Waals surface area contributed by atoms with Gasteiger partial charge in [0.15, 0.2) is 0 Å². The number of ether oxygens (including phenoxy) is 1. The number of phosphoric acid groups is 3. The third kappa shape index (κ3) is 11.2. The number of rotatable bonds is 16. The van der Waals surface area contributed by atoms with Crippen LogP contribution in [0.1, 0.15) is 43.9 Å². The molecule has 0 aliphatic carbocycles. The Morgan fingerprint density at radius 2 is 1.85 bits per heavy atom. The van der Waals surface area contributed by atoms with E-state index in [0.717, 1.165) is 29.4 Å². The van der Waals surface area contributed by atoms with Gasteiger partial charge in [-0.25, -0.2) is 23.3 Å². The number of fused-ring (bicyclic) bond motifs is 1. The Morgan fingerprint density at radius 1 is 1.11 bits per heavy atom. The fourth-order valence-corrected chi connectivity index (χ4v) is 9.63. The molecule has 0 saturated carbocycles. The van der Waals surface area contributed by atoms with E-state index in [-0.39, 0.29) is 42.6 Å². The van der Waals surface area contributed by atoms with Crippen LogP contribution in [0.2, 0.25) is 0 Å². The Labute approximate surface area is 269 Å². The largest absolute Gasteiger partial charge is 0.490 e. The lowest BCUT2D eigenvalue weighted by atomic mass is 10.0. The zero-order valence-electron chi connectivity index (χ0n) is 24.3. The number of hydrogen-bond acceptors (Lipinski definition) is 13. The van der Waals surface area contributed by atoms with Crippen molar-refractivity contribution >= 4 is 53.2 Å². The van der Waals surface area contributed by atoms with Gasteiger partial charge in [0.25, 0.3) is 5.56 Å². The van der Waals surface area contributed by atoms with E-state index in [2.05, 4.69) is 34.1 Å². The molecule has 1 aromatic heterocycles. The van der Waals surface area contributed by atoms with Gasteiger partial charge >= 0.3 is 35.2 Å². The van der Waals surface area contributed by atoms with Crippen molar-refractivity contribution in [2.45, 2.75) is 67.9 Å². The number of phosphoric ester groups is 1. The molecule has 21 nitrogen and oxygen atoms in total. The first kappa shape index (κ1) is 37.7. The molecule has 3 aliphatic heterocycles. The van der Waals surface area contributed by atoms with Crippen molar-refractivity contribution in [3.05, 3.63) is 38.7 Å². The van der Waals surface area contributed by atoms with Gasteiger partial charge in [0.2, 0.25) is 5.91 Å². The molecule has 8 unspecified atom stereocenters. The molecule has 4 rings (SSSR count). The smallest absolute Gasteiger partial charge is 0.390 e. The van der Waals surface area contributed by atoms with Crippen LogP contribution in [-0.2, 0) is 36.4 Å². The number of aromatic nitrogens is 2. The first-order chi connectivity index (χ1) is 21.9. The summed E-state index contributed by atoms with van der Waals surface area (Å²) >= 11 is 1.80. The molecule has 0 aromatic carbocycles. The number of H-pyrrole nitrogens is 1. The lowest BCUT2D eigenvalue weighted by Gasteiger charge is -2.19. The Hall–Kier alpha value is -2.16. The Bertz CT molecular complexity index is 1610. The highest BCUT2D eigenvalue weighted by atomic mass is 32.2. The van der Waals surface area contributed by atoms with Gasteiger partial charge < -0.3 is 45.4 Å². The van der Waals surface area contributed by atoms with Crippen LogP contribution >= 0.6 is 35.2 Å². The van der Waals surface area contributed by atoms with E-state index in [4.69, 9.17) is 14.5 Å². The van der Waals surface area contributed by atoms with Gasteiger partial charge in [-0.3, -0.25) is 23.7 Å². The fourth-order valence-electron chi connectivity index (χ4n) is 5.06. The van der Waals surface area contributed by atoms with Crippen molar-refractivity contribution in [1.29, 1.82) is 0 Å². The van der Waals surface area contributed by atoms with E-state index < -0.39 is 59.8 Å². The van der Waals surface area contributed by atoms with Crippen LogP contribution < -0.4 is 27.2 Å². The fraction of sp³-hybridized carbons (Fsp3) is 0.636. The topological polar surface area (TPSA) is 314 Å². The van der Waals surface area contributed by atoms with Gasteiger partial charge in [-0.1, -0.05) is 18.6 Å². The number of urea groups is 1. The third-order valence-corrected chi connectivity index (χ3v) is 12.4. The van der Waals surface area contributed by atoms with E-state index in [1.807, 2.05) is 0 Å². The Kier molecular flexibility index (Phi) is 12.5. The second-order valence-corrected chi connectivity index (χ2v) is 16.3. The van der Waals surface area contributed by atoms with E-state index in [9.17, 15) is 47.8 Å². The highest BCUT2D eigenvalue weighted by Crippen LogP contribution is 2.66. The summed E-state index contributed by atoms with van der Waals surface area (Å²) in [6.07, 6.45) is 2.34. The molecular weight excluding hydrogens is 715 g/mol. The lowest BCUT2D eigenvalue weighted by molar-refractivity contribution is -0.121. The molecule has 47 heavy (non-hydrogen) atoms. The van der Waals surface area contributed by atoms with Crippen molar-refractivity contribution < 1.29 is 65.8 Å². The average molecular weight is 750 g/mol. The first-order valence-corrected chi connectivity index (χ1v) is 19.6. The van der Waals surface area contributed by atoms with Crippen LogP contribution in [0, 0.1) is 0 Å². The van der Waals surface area contributed by atoms with E-state index >= 15 is 0 Å². The number of aliphatic hydroxyl groups is 1. The van der Waals surface area contributed by atoms with Gasteiger partial charge in [0.05, 0.1) is 30.4 Å². The van der Waals surface area contributed by atoms with Gasteiger partial charge in [-0.05, 0) is 12.8 Å². The summed E-state index contributed by atoms with van der Waals surface area (Å²) in [7, 11) is -16.8. The molecule has 3 aliphatic rings. The Balaban J connectivity index is 1.23. The van der Waals surface area contributed by atoms with E-state index in [0.29, 0.717) is 18.1 Å². The second kappa shape index (κ2) is 15.6. The normalized spacial score (nSPS) is 28.4. The predicted molar refractivity (Wildman–Crippen MR) is 162 cm³/mol. The predicted octanol–water partition coefficient (Wildman–Crippen LogP) is -0.616. The highest BCUT2D eigenvalue weighted by Gasteiger charge is 2.44. The number of thioether (sulfide) groups is 1. The molecule has 264 valence electrons. The minimum atomic E-state index is -5.75. The molecule has 25 heteroatoms. The van der Waals surface area contributed by atoms with Crippen molar-refractivity contribution in [1.82, 2.24) is 25.5 Å². The summed E-state index contributed by atoms with van der Waals surface area (Å²) in [6.45, 7) is -0.860. The minimum absolute atomic E-state index is 0.00508. The standard InChI is InChI=1S/C22H34N5O16P3S/c28-14-8-18(41-15(14)10-40-45(36,37)43-46(38,39)42-44(33,34)35)27-9-12(20(30)26-22(27)32)4-3-7-23-17(29)6-2-1-5-16-19-13(11-47-16)24-21(31)25-19/h3-4,9,13-16,18-19,28H,1-2,5-8,10-11H2,(H,23,29)(H,36,37)(H,38,39)(H2,24,25,31)(H,26,30,32)(H2,33,34,35)/b4-3+. The number of carbonyl (C=O) groups is 2. The lowest BCUT2D eigenvalue weighted by Crippen LogP contribution is -2.36. The van der Waals surface area contributed by atoms with Gasteiger partial charge in [-0.15, -0.1) is 0 Å². The zero-order valence-corrected chi connectivity index (χ0v) is 27.8. The van der Waals surface area contributed by atoms with Crippen molar-refractivity contribution in [2.24, 2.45) is 0 Å². The molecule has 1 aromatic rings. The molecule has 0 bridgehead atoms. The summed E-state index contributed by atoms with van der Waals surface area (Å²) in [5.41, 5.74) is -1.67. The van der Waals surface area contributed by atoms with Crippen molar-refractivity contribution in [3.8, 4) is 0 Å². The number of amides is 3. The molecule has 3 saturated heterocycles. The molecule has 4 heterocycles. The number of unbranched alkanes of at least 4 members (excludes halogenated alkanes) is 1. The number of nitrogens with one attached hydrogen (secondary N) is 4. The van der Waals surface area contributed by atoms with Gasteiger partial charge in [-0.2, -0.15) is 20.4 Å². The first-order valence-electron chi connectivity index (χ1n) is 14.0. The number of hydrogen-bond donors (Lipinski definition) is 9. The van der Waals surface area contributed by atoms with Crippen LogP contribution in [0.25, 0.3) is 6.08 Å². The van der Waals surface area contributed by atoms with Crippen molar-refractivity contribution in [3.63, 3.8) is 0 Å². The molecule has 8 atom stereocenters. The van der Waals surface area contributed by atoms with Crippen molar-refractivity contribution in [2.75, 3.05) is 18.9 Å². The number of nitrogens with zero attached hydrogens (tertiary/aromatic N) is 1.